The molecule has 0 aliphatic rings. The molecule has 3 aromatic carbocycles. The Morgan fingerprint density at radius 1 is 1.14 bits per heavy atom. The zero-order chi connectivity index (χ0) is 25.8. The molecule has 1 aromatic heterocycles. The average Bonchev–Trinajstić information content (AvgIpc) is 2.87. The molecule has 8 heteroatoms. The second-order valence-corrected chi connectivity index (χ2v) is 8.63. The number of ether oxygens (including phenoxy) is 2. The molecule has 4 aromatic rings. The van der Waals surface area contributed by atoms with Crippen LogP contribution in [0, 0.1) is 6.92 Å². The van der Waals surface area contributed by atoms with E-state index in [1.807, 2.05) is 31.2 Å². The van der Waals surface area contributed by atoms with E-state index in [9.17, 15) is 9.59 Å². The maximum atomic E-state index is 13.5. The SMILES string of the molecule is COc1cc(C)c(-c2nc3ccccc3c(=O)n2N=Cc2ccc(OCC(=O)O)cc2)cc1C(C)C. The normalized spacial score (nSPS) is 11.4. The first-order valence-corrected chi connectivity index (χ1v) is 11.5. The van der Waals surface area contributed by atoms with Crippen LogP contribution in [0.4, 0.5) is 0 Å². The van der Waals surface area contributed by atoms with Crippen molar-refractivity contribution in [1.29, 1.82) is 0 Å². The van der Waals surface area contributed by atoms with Crippen molar-refractivity contribution in [2.45, 2.75) is 26.7 Å². The van der Waals surface area contributed by atoms with Crippen molar-refractivity contribution in [3.05, 3.63) is 87.7 Å². The van der Waals surface area contributed by atoms with E-state index in [2.05, 4.69) is 18.9 Å². The highest BCUT2D eigenvalue weighted by Gasteiger charge is 2.18. The van der Waals surface area contributed by atoms with Crippen LogP contribution in [0.2, 0.25) is 0 Å². The number of carboxylic acids is 1. The zero-order valence-corrected chi connectivity index (χ0v) is 20.6. The lowest BCUT2D eigenvalue weighted by molar-refractivity contribution is -0.139. The molecule has 0 amide bonds. The van der Waals surface area contributed by atoms with Crippen LogP contribution in [0.25, 0.3) is 22.3 Å². The first-order valence-electron chi connectivity index (χ1n) is 11.5. The number of hydrogen-bond donors (Lipinski definition) is 1. The maximum Gasteiger partial charge on any atom is 0.341 e. The summed E-state index contributed by atoms with van der Waals surface area (Å²) < 4.78 is 12.1. The van der Waals surface area contributed by atoms with Crippen LogP contribution in [-0.2, 0) is 4.79 Å². The van der Waals surface area contributed by atoms with Gasteiger partial charge in [-0.25, -0.2) is 9.78 Å². The summed E-state index contributed by atoms with van der Waals surface area (Å²) >= 11 is 0. The lowest BCUT2D eigenvalue weighted by Crippen LogP contribution is -2.20. The van der Waals surface area contributed by atoms with Crippen LogP contribution in [0.3, 0.4) is 0 Å². The molecular formula is C28H27N3O5. The second-order valence-electron chi connectivity index (χ2n) is 8.63. The Kier molecular flexibility index (Phi) is 7.15. The van der Waals surface area contributed by atoms with Crippen molar-refractivity contribution >= 4 is 23.1 Å². The third-order valence-electron chi connectivity index (χ3n) is 5.76. The van der Waals surface area contributed by atoms with Gasteiger partial charge in [0, 0.05) is 5.56 Å². The van der Waals surface area contributed by atoms with Crippen molar-refractivity contribution in [3.63, 3.8) is 0 Å². The van der Waals surface area contributed by atoms with Crippen LogP contribution in [-0.4, -0.2) is 40.7 Å². The first kappa shape index (κ1) is 24.7. The molecule has 0 fully saturated rings. The van der Waals surface area contributed by atoms with Gasteiger partial charge in [-0.1, -0.05) is 26.0 Å². The summed E-state index contributed by atoms with van der Waals surface area (Å²) in [4.78, 5) is 29.0. The summed E-state index contributed by atoms with van der Waals surface area (Å²) in [5.74, 6) is 0.791. The summed E-state index contributed by atoms with van der Waals surface area (Å²) in [7, 11) is 1.65. The minimum absolute atomic E-state index is 0.199. The topological polar surface area (TPSA) is 103 Å². The molecule has 0 spiro atoms. The van der Waals surface area contributed by atoms with E-state index in [1.54, 1.807) is 49.7 Å². The standard InChI is InChI=1S/C28H27N3O5/c1-17(2)22-14-23(18(3)13-25(22)35-4)27-30-24-8-6-5-7-21(24)28(34)31(27)29-15-19-9-11-20(12-10-19)36-16-26(32)33/h5-15,17H,16H2,1-4H3,(H,32,33). The number of carbonyl (C=O) groups is 1. The Labute approximate surface area is 208 Å². The number of aliphatic carboxylic acids is 1. The highest BCUT2D eigenvalue weighted by Crippen LogP contribution is 2.34. The molecule has 1 heterocycles. The molecule has 0 saturated heterocycles. The predicted molar refractivity (Wildman–Crippen MR) is 139 cm³/mol. The Morgan fingerprint density at radius 3 is 2.53 bits per heavy atom. The monoisotopic (exact) mass is 485 g/mol. The maximum absolute atomic E-state index is 13.5. The van der Waals surface area contributed by atoms with Crippen LogP contribution in [0.15, 0.2) is 70.6 Å². The number of rotatable bonds is 8. The molecule has 36 heavy (non-hydrogen) atoms. The third-order valence-corrected chi connectivity index (χ3v) is 5.76. The van der Waals surface area contributed by atoms with Gasteiger partial charge in [0.2, 0.25) is 0 Å². The molecular weight excluding hydrogens is 458 g/mol. The van der Waals surface area contributed by atoms with E-state index < -0.39 is 12.6 Å². The Hall–Kier alpha value is -4.46. The summed E-state index contributed by atoms with van der Waals surface area (Å²) in [6.45, 7) is 5.70. The van der Waals surface area contributed by atoms with Gasteiger partial charge in [0.1, 0.15) is 11.5 Å². The molecule has 0 bridgehead atoms. The number of carboxylic acid groups (broad SMARTS) is 1. The smallest absolute Gasteiger partial charge is 0.341 e. The molecule has 184 valence electrons. The van der Waals surface area contributed by atoms with Gasteiger partial charge in [-0.2, -0.15) is 9.78 Å². The highest BCUT2D eigenvalue weighted by molar-refractivity contribution is 5.82. The van der Waals surface area contributed by atoms with Crippen molar-refractivity contribution in [3.8, 4) is 22.9 Å². The minimum atomic E-state index is -1.05. The molecule has 1 N–H and O–H groups in total. The van der Waals surface area contributed by atoms with Gasteiger partial charge in [0.15, 0.2) is 12.4 Å². The lowest BCUT2D eigenvalue weighted by Gasteiger charge is -2.17. The van der Waals surface area contributed by atoms with Gasteiger partial charge in [0.05, 0.1) is 24.2 Å². The van der Waals surface area contributed by atoms with Gasteiger partial charge in [-0.05, 0) is 78.1 Å². The third kappa shape index (κ3) is 5.12. The zero-order valence-electron chi connectivity index (χ0n) is 20.6. The summed E-state index contributed by atoms with van der Waals surface area (Å²) in [6.07, 6.45) is 1.56. The van der Waals surface area contributed by atoms with Crippen molar-refractivity contribution in [2.24, 2.45) is 5.10 Å². The number of nitrogens with zero attached hydrogens (tertiary/aromatic N) is 3. The molecule has 8 nitrogen and oxygen atoms in total. The van der Waals surface area contributed by atoms with E-state index in [1.165, 1.54) is 4.68 Å². The molecule has 4 rings (SSSR count). The number of fused-ring (bicyclic) bond motifs is 1. The molecule has 0 unspecified atom stereocenters. The molecule has 0 aliphatic carbocycles. The number of methoxy groups -OCH3 is 1. The Balaban J connectivity index is 1.84. The fourth-order valence-electron chi connectivity index (χ4n) is 3.89. The molecule has 0 atom stereocenters. The Bertz CT molecular complexity index is 1500. The number of hydrogen-bond acceptors (Lipinski definition) is 6. The van der Waals surface area contributed by atoms with Gasteiger partial charge >= 0.3 is 5.97 Å². The number of aromatic nitrogens is 2. The fraction of sp³-hybridized carbons (Fsp3) is 0.214. The average molecular weight is 486 g/mol. The van der Waals surface area contributed by atoms with E-state index in [-0.39, 0.29) is 11.5 Å². The largest absolute Gasteiger partial charge is 0.496 e. The number of benzene rings is 3. The van der Waals surface area contributed by atoms with Gasteiger partial charge in [-0.15, -0.1) is 0 Å². The summed E-state index contributed by atoms with van der Waals surface area (Å²) in [5.41, 5.74) is 3.71. The van der Waals surface area contributed by atoms with E-state index >= 15 is 0 Å². The summed E-state index contributed by atoms with van der Waals surface area (Å²) in [6, 6.07) is 17.9. The highest BCUT2D eigenvalue weighted by atomic mass is 16.5. The number of aryl methyl sites for hydroxylation is 1. The van der Waals surface area contributed by atoms with Crippen LogP contribution in [0.1, 0.15) is 36.5 Å². The molecule has 0 saturated carbocycles. The van der Waals surface area contributed by atoms with Crippen LogP contribution >= 0.6 is 0 Å². The van der Waals surface area contributed by atoms with E-state index in [0.717, 1.165) is 22.4 Å². The van der Waals surface area contributed by atoms with Crippen LogP contribution < -0.4 is 15.0 Å². The first-order chi connectivity index (χ1) is 17.3. The van der Waals surface area contributed by atoms with Crippen LogP contribution in [0.5, 0.6) is 11.5 Å². The Morgan fingerprint density at radius 2 is 1.86 bits per heavy atom. The van der Waals surface area contributed by atoms with Crippen molar-refractivity contribution in [2.75, 3.05) is 13.7 Å². The van der Waals surface area contributed by atoms with Crippen molar-refractivity contribution < 1.29 is 19.4 Å². The number of para-hydroxylation sites is 1. The fourth-order valence-corrected chi connectivity index (χ4v) is 3.89. The molecule has 0 aliphatic heterocycles. The minimum Gasteiger partial charge on any atom is -0.496 e. The lowest BCUT2D eigenvalue weighted by atomic mass is 9.96. The van der Waals surface area contributed by atoms with E-state index in [0.29, 0.717) is 28.0 Å². The quantitative estimate of drug-likeness (QED) is 0.358. The summed E-state index contributed by atoms with van der Waals surface area (Å²) in [5, 5.41) is 13.7. The predicted octanol–water partition coefficient (Wildman–Crippen LogP) is 4.85. The second kappa shape index (κ2) is 10.4. The van der Waals surface area contributed by atoms with Gasteiger partial charge in [-0.3, -0.25) is 4.79 Å². The van der Waals surface area contributed by atoms with E-state index in [4.69, 9.17) is 19.6 Å². The van der Waals surface area contributed by atoms with Gasteiger partial charge in [0.25, 0.3) is 5.56 Å². The molecule has 0 radical (unpaired) electrons. The van der Waals surface area contributed by atoms with Gasteiger partial charge < -0.3 is 14.6 Å². The van der Waals surface area contributed by atoms with Crippen molar-refractivity contribution in [1.82, 2.24) is 9.66 Å².